The molecule has 102 valence electrons. The number of hydrogen-bond acceptors (Lipinski definition) is 0. The molecule has 20 heavy (non-hydrogen) atoms. The molecule has 0 aliphatic heterocycles. The molecule has 0 bridgehead atoms. The van der Waals surface area contributed by atoms with Crippen molar-refractivity contribution in [2.75, 3.05) is 0 Å². The smallest absolute Gasteiger partial charge is 0.343 e. The molecule has 0 spiro atoms. The molecule has 0 fully saturated rings. The van der Waals surface area contributed by atoms with Crippen LogP contribution < -0.4 is 0 Å². The first-order valence-electron chi connectivity index (χ1n) is 7.24. The van der Waals surface area contributed by atoms with E-state index in [1.165, 1.54) is 41.5 Å². The Balaban J connectivity index is 0.000000250. The molecule has 0 heterocycles. The molecule has 1 aliphatic carbocycles. The summed E-state index contributed by atoms with van der Waals surface area (Å²) >= 11 is 0. The van der Waals surface area contributed by atoms with Crippen molar-refractivity contribution in [2.24, 2.45) is 0 Å². The number of rotatable bonds is 3. The molecule has 0 aromatic heterocycles. The van der Waals surface area contributed by atoms with E-state index in [1.807, 2.05) is 6.07 Å². The van der Waals surface area contributed by atoms with Gasteiger partial charge >= 0.3 is 26.2 Å². The van der Waals surface area contributed by atoms with E-state index in [0.717, 1.165) is 12.8 Å². The van der Waals surface area contributed by atoms with Crippen molar-refractivity contribution < 1.29 is 26.2 Å². The van der Waals surface area contributed by atoms with Crippen LogP contribution in [0.15, 0.2) is 42.5 Å². The van der Waals surface area contributed by atoms with E-state index in [9.17, 15) is 0 Å². The van der Waals surface area contributed by atoms with Crippen molar-refractivity contribution in [1.29, 1.82) is 0 Å². The Morgan fingerprint density at radius 3 is 2.50 bits per heavy atom. The molecule has 2 aromatic carbocycles. The summed E-state index contributed by atoms with van der Waals surface area (Å²) in [6, 6.07) is 18.1. The third-order valence-corrected chi connectivity index (χ3v) is 3.47. The van der Waals surface area contributed by atoms with E-state index in [2.05, 4.69) is 56.3 Å². The first kappa shape index (κ1) is 17.4. The molecule has 0 radical (unpaired) electrons. The zero-order valence-corrected chi connectivity index (χ0v) is 14.7. The second kappa shape index (κ2) is 9.29. The summed E-state index contributed by atoms with van der Waals surface area (Å²) in [5, 5.41) is 0. The Morgan fingerprint density at radius 2 is 1.80 bits per heavy atom. The fraction of sp³-hybridized carbons (Fsp3) is 0.316. The molecule has 3 rings (SSSR count). The van der Waals surface area contributed by atoms with Crippen molar-refractivity contribution >= 4 is 0 Å². The molecule has 0 saturated heterocycles. The van der Waals surface area contributed by atoms with Gasteiger partial charge in [-0.3, -0.25) is 0 Å². The molecular weight excluding hydrogens is 319 g/mol. The molecule has 1 aliphatic rings. The minimum absolute atomic E-state index is 0. The van der Waals surface area contributed by atoms with Gasteiger partial charge in [-0.15, -0.1) is 5.56 Å². The van der Waals surface area contributed by atoms with Gasteiger partial charge in [-0.25, -0.2) is 0 Å². The Hall–Kier alpha value is -0.677. The number of benzene rings is 2. The third kappa shape index (κ3) is 4.42. The van der Waals surface area contributed by atoms with Crippen LogP contribution in [0.3, 0.4) is 0 Å². The predicted molar refractivity (Wildman–Crippen MR) is 83.0 cm³/mol. The van der Waals surface area contributed by atoms with Gasteiger partial charge in [0.25, 0.3) is 0 Å². The average Bonchev–Trinajstić information content (AvgIpc) is 2.84. The van der Waals surface area contributed by atoms with Crippen LogP contribution in [0, 0.1) is 13.0 Å². The molecule has 0 N–H and O–H groups in total. The Kier molecular flexibility index (Phi) is 8.07. The third-order valence-electron chi connectivity index (χ3n) is 3.47. The Bertz CT molecular complexity index is 469. The van der Waals surface area contributed by atoms with Gasteiger partial charge < -0.3 is 6.92 Å². The van der Waals surface area contributed by atoms with E-state index in [0.29, 0.717) is 0 Å². The van der Waals surface area contributed by atoms with Gasteiger partial charge in [0.15, 0.2) is 0 Å². The molecule has 2 aromatic rings. The van der Waals surface area contributed by atoms with E-state index < -0.39 is 0 Å². The quantitative estimate of drug-likeness (QED) is 0.438. The molecule has 0 atom stereocenters. The largest absolute Gasteiger partial charge is 2.00 e. The first-order chi connectivity index (χ1) is 9.36. The zero-order valence-electron chi connectivity index (χ0n) is 12.3. The van der Waals surface area contributed by atoms with Crippen LogP contribution in [0.25, 0.3) is 11.1 Å². The number of hydrogen-bond donors (Lipinski definition) is 0. The summed E-state index contributed by atoms with van der Waals surface area (Å²) in [6.45, 7) is 5.93. The van der Waals surface area contributed by atoms with Crippen LogP contribution in [0.2, 0.25) is 0 Å². The fourth-order valence-electron chi connectivity index (χ4n) is 2.42. The van der Waals surface area contributed by atoms with E-state index in [4.69, 9.17) is 0 Å². The van der Waals surface area contributed by atoms with Crippen molar-refractivity contribution in [3.8, 4) is 11.1 Å². The van der Waals surface area contributed by atoms with Gasteiger partial charge in [0.05, 0.1) is 0 Å². The summed E-state index contributed by atoms with van der Waals surface area (Å²) in [6.07, 6.45) is 6.12. The molecule has 0 unspecified atom stereocenters. The number of unbranched alkanes of at least 4 members (excludes halogenated alkanes) is 3. The minimum Gasteiger partial charge on any atom is -0.343 e. The Labute approximate surface area is 142 Å². The van der Waals surface area contributed by atoms with Gasteiger partial charge in [-0.05, 0) is 6.42 Å². The van der Waals surface area contributed by atoms with Crippen LogP contribution in [-0.4, -0.2) is 0 Å². The molecular formula is C19H22Zr. The van der Waals surface area contributed by atoms with E-state index in [-0.39, 0.29) is 26.2 Å². The van der Waals surface area contributed by atoms with E-state index >= 15 is 0 Å². The van der Waals surface area contributed by atoms with Crippen molar-refractivity contribution in [1.82, 2.24) is 0 Å². The summed E-state index contributed by atoms with van der Waals surface area (Å²) in [4.78, 5) is 0. The molecule has 1 heteroatoms. The van der Waals surface area contributed by atoms with Crippen LogP contribution in [0.1, 0.15) is 43.7 Å². The van der Waals surface area contributed by atoms with Crippen molar-refractivity contribution in [3.05, 3.63) is 66.6 Å². The van der Waals surface area contributed by atoms with Gasteiger partial charge in [0.2, 0.25) is 0 Å². The summed E-state index contributed by atoms with van der Waals surface area (Å²) in [7, 11) is 0. The second-order valence-electron chi connectivity index (χ2n) is 4.96. The predicted octanol–water partition coefficient (Wildman–Crippen LogP) is 5.46. The summed E-state index contributed by atoms with van der Waals surface area (Å²) in [5.74, 6) is 0. The van der Waals surface area contributed by atoms with Gasteiger partial charge in [-0.2, -0.15) is 36.2 Å². The normalized spacial score (nSPS) is 10.7. The van der Waals surface area contributed by atoms with Gasteiger partial charge in [-0.1, -0.05) is 61.6 Å². The summed E-state index contributed by atoms with van der Waals surface area (Å²) < 4.78 is 0. The van der Waals surface area contributed by atoms with Crippen molar-refractivity contribution in [2.45, 2.75) is 39.0 Å². The molecule has 0 amide bonds. The average molecular weight is 342 g/mol. The zero-order chi connectivity index (χ0) is 13.5. The summed E-state index contributed by atoms with van der Waals surface area (Å²) in [5.41, 5.74) is 5.51. The first-order valence-corrected chi connectivity index (χ1v) is 7.24. The topological polar surface area (TPSA) is 0 Å². The van der Waals surface area contributed by atoms with Gasteiger partial charge in [0, 0.05) is 0 Å². The van der Waals surface area contributed by atoms with Crippen molar-refractivity contribution in [3.63, 3.8) is 0 Å². The maximum atomic E-state index is 3.72. The molecule has 0 saturated carbocycles. The van der Waals surface area contributed by atoms with Crippen LogP contribution >= 0.6 is 0 Å². The van der Waals surface area contributed by atoms with E-state index in [1.54, 1.807) is 0 Å². The second-order valence-corrected chi connectivity index (χ2v) is 4.96. The minimum atomic E-state index is 0. The van der Waals surface area contributed by atoms with Gasteiger partial charge in [0.1, 0.15) is 0 Å². The van der Waals surface area contributed by atoms with Crippen LogP contribution in [0.5, 0.6) is 0 Å². The fourth-order valence-corrected chi connectivity index (χ4v) is 2.42. The molecule has 0 nitrogen and oxygen atoms in total. The monoisotopic (exact) mass is 340 g/mol. The maximum Gasteiger partial charge on any atom is 2.00 e. The SMILES string of the molecule is [CH2-]CCCCC.[Zr+2].[c-]1cccc2c1Cc1ccccc1-2. The van der Waals surface area contributed by atoms with Crippen LogP contribution in [0.4, 0.5) is 0 Å². The Morgan fingerprint density at radius 1 is 1.05 bits per heavy atom. The standard InChI is InChI=1S/C13H9.C6H13.Zr/c1-3-7-12-10(5-1)9-11-6-2-4-8-13(11)12;1-3-5-6-4-2;/h1-5,7-8H,9H2;1,3-6H2,2H3;/q2*-1;+2. The number of fused-ring (bicyclic) bond motifs is 3. The maximum absolute atomic E-state index is 3.72. The van der Waals surface area contributed by atoms with Crippen LogP contribution in [-0.2, 0) is 32.6 Å².